The average Bonchev–Trinajstić information content (AvgIpc) is 2.69. The van der Waals surface area contributed by atoms with Gasteiger partial charge in [-0.2, -0.15) is 0 Å². The molecule has 2 atom stereocenters. The molecule has 1 aliphatic heterocycles. The molecule has 0 amide bonds. The van der Waals surface area contributed by atoms with E-state index in [0.29, 0.717) is 17.8 Å². The normalized spacial score (nSPS) is 22.3. The molecule has 1 aromatic rings. The van der Waals surface area contributed by atoms with E-state index in [-0.39, 0.29) is 5.69 Å². The van der Waals surface area contributed by atoms with E-state index < -0.39 is 4.92 Å². The van der Waals surface area contributed by atoms with Gasteiger partial charge in [0.15, 0.2) is 0 Å². The third kappa shape index (κ3) is 2.86. The van der Waals surface area contributed by atoms with Crippen LogP contribution in [-0.4, -0.2) is 21.9 Å². The molecule has 1 heterocycles. The lowest BCUT2D eigenvalue weighted by molar-refractivity contribution is -0.384. The fourth-order valence-corrected chi connectivity index (χ4v) is 2.66. The fraction of sp³-hybridized carbons (Fsp3) is 0.429. The molecule has 0 saturated carbocycles. The van der Waals surface area contributed by atoms with Crippen molar-refractivity contribution >= 4 is 11.4 Å². The Morgan fingerprint density at radius 2 is 2.05 bits per heavy atom. The van der Waals surface area contributed by atoms with Crippen LogP contribution in [0.15, 0.2) is 36.7 Å². The molecule has 0 aromatic heterocycles. The Labute approximate surface area is 113 Å². The first kappa shape index (κ1) is 13.4. The lowest BCUT2D eigenvalue weighted by Crippen LogP contribution is -2.34. The highest BCUT2D eigenvalue weighted by molar-refractivity contribution is 5.53. The molecule has 1 fully saturated rings. The summed E-state index contributed by atoms with van der Waals surface area (Å²) < 4.78 is 0. The molecule has 1 N–H and O–H groups in total. The molecule has 0 unspecified atom stereocenters. The van der Waals surface area contributed by atoms with E-state index in [9.17, 15) is 10.1 Å². The van der Waals surface area contributed by atoms with Gasteiger partial charge >= 0.3 is 0 Å². The van der Waals surface area contributed by atoms with Crippen molar-refractivity contribution in [2.24, 2.45) is 0 Å². The second-order valence-electron chi connectivity index (χ2n) is 5.06. The summed E-state index contributed by atoms with van der Waals surface area (Å²) in [7, 11) is 0. The predicted molar refractivity (Wildman–Crippen MR) is 75.9 cm³/mol. The van der Waals surface area contributed by atoms with Crippen molar-refractivity contribution in [3.05, 3.63) is 46.8 Å². The molecular weight excluding hydrogens is 242 g/mol. The Morgan fingerprint density at radius 3 is 2.63 bits per heavy atom. The first-order valence-electron chi connectivity index (χ1n) is 6.47. The van der Waals surface area contributed by atoms with Crippen LogP contribution >= 0.6 is 0 Å². The summed E-state index contributed by atoms with van der Waals surface area (Å²) in [6, 6.07) is 7.39. The van der Waals surface area contributed by atoms with Crippen molar-refractivity contribution < 1.29 is 4.92 Å². The quantitative estimate of drug-likeness (QED) is 0.667. The van der Waals surface area contributed by atoms with Crippen LogP contribution < -0.4 is 5.32 Å². The predicted octanol–water partition coefficient (Wildman–Crippen LogP) is 3.35. The number of nitrogens with zero attached hydrogens (tertiary/aromatic N) is 2. The number of hydrogen-bond acceptors (Lipinski definition) is 4. The number of likely N-dealkylation sites (tertiary alicyclic amines) is 1. The van der Waals surface area contributed by atoms with Gasteiger partial charge < -0.3 is 10.2 Å². The monoisotopic (exact) mass is 261 g/mol. The Hall–Kier alpha value is -2.04. The van der Waals surface area contributed by atoms with E-state index in [1.807, 2.05) is 6.07 Å². The number of anilines is 1. The highest BCUT2D eigenvalue weighted by Gasteiger charge is 2.28. The zero-order valence-corrected chi connectivity index (χ0v) is 11.3. The summed E-state index contributed by atoms with van der Waals surface area (Å²) in [6.45, 7) is 8.39. The molecule has 5 heteroatoms. The molecule has 0 bridgehead atoms. The molecule has 1 saturated heterocycles. The van der Waals surface area contributed by atoms with Gasteiger partial charge in [-0.1, -0.05) is 12.6 Å². The van der Waals surface area contributed by atoms with Gasteiger partial charge in [0.05, 0.1) is 10.7 Å². The third-order valence-electron chi connectivity index (χ3n) is 3.61. The van der Waals surface area contributed by atoms with Gasteiger partial charge in [-0.25, -0.2) is 0 Å². The van der Waals surface area contributed by atoms with Gasteiger partial charge in [-0.15, -0.1) is 0 Å². The topological polar surface area (TPSA) is 58.4 Å². The largest absolute Gasteiger partial charge is 0.353 e. The van der Waals surface area contributed by atoms with E-state index in [2.05, 4.69) is 30.6 Å². The minimum atomic E-state index is -0.394. The summed E-state index contributed by atoms with van der Waals surface area (Å²) in [6.07, 6.45) is 2.30. The summed E-state index contributed by atoms with van der Waals surface area (Å²) in [5, 5.41) is 13.9. The van der Waals surface area contributed by atoms with Crippen molar-refractivity contribution in [1.29, 1.82) is 0 Å². The van der Waals surface area contributed by atoms with Crippen molar-refractivity contribution in [2.75, 3.05) is 5.32 Å². The van der Waals surface area contributed by atoms with Gasteiger partial charge in [0.2, 0.25) is 0 Å². The van der Waals surface area contributed by atoms with Gasteiger partial charge in [-0.05, 0) is 32.8 Å². The van der Waals surface area contributed by atoms with Crippen LogP contribution in [0, 0.1) is 10.1 Å². The van der Waals surface area contributed by atoms with Gasteiger partial charge in [0.25, 0.3) is 5.69 Å². The minimum absolute atomic E-state index is 0.0836. The SMILES string of the molecule is C=C(Nc1cccc([N+](=O)[O-])c1)N1[C@H](C)CC[C@@H]1C. The minimum Gasteiger partial charge on any atom is -0.353 e. The van der Waals surface area contributed by atoms with Crippen molar-refractivity contribution in [1.82, 2.24) is 4.90 Å². The average molecular weight is 261 g/mol. The molecule has 1 aromatic carbocycles. The maximum absolute atomic E-state index is 10.7. The van der Waals surface area contributed by atoms with E-state index in [1.165, 1.54) is 12.1 Å². The molecule has 5 nitrogen and oxygen atoms in total. The lowest BCUT2D eigenvalue weighted by Gasteiger charge is -2.30. The number of non-ortho nitro benzene ring substituents is 1. The van der Waals surface area contributed by atoms with Crippen LogP contribution in [0.3, 0.4) is 0 Å². The van der Waals surface area contributed by atoms with Crippen molar-refractivity contribution in [2.45, 2.75) is 38.8 Å². The Kier molecular flexibility index (Phi) is 3.74. The first-order valence-corrected chi connectivity index (χ1v) is 6.47. The fourth-order valence-electron chi connectivity index (χ4n) is 2.66. The summed E-state index contributed by atoms with van der Waals surface area (Å²) in [5.41, 5.74) is 0.783. The number of benzene rings is 1. The van der Waals surface area contributed by atoms with Gasteiger partial charge in [-0.3, -0.25) is 10.1 Å². The van der Waals surface area contributed by atoms with Crippen molar-refractivity contribution in [3.8, 4) is 0 Å². The van der Waals surface area contributed by atoms with Gasteiger partial charge in [0, 0.05) is 29.9 Å². The highest BCUT2D eigenvalue weighted by atomic mass is 16.6. The Bertz CT molecular complexity index is 491. The van der Waals surface area contributed by atoms with Crippen LogP contribution in [0.5, 0.6) is 0 Å². The summed E-state index contributed by atoms with van der Waals surface area (Å²) >= 11 is 0. The number of hydrogen-bond donors (Lipinski definition) is 1. The van der Waals surface area contributed by atoms with Crippen LogP contribution in [0.1, 0.15) is 26.7 Å². The second kappa shape index (κ2) is 5.30. The number of nitrogens with one attached hydrogen (secondary N) is 1. The second-order valence-corrected chi connectivity index (χ2v) is 5.06. The van der Waals surface area contributed by atoms with E-state index in [0.717, 1.165) is 18.7 Å². The zero-order chi connectivity index (χ0) is 14.0. The summed E-state index contributed by atoms with van der Waals surface area (Å²) in [5.74, 6) is 0.804. The molecule has 0 radical (unpaired) electrons. The van der Waals surface area contributed by atoms with E-state index >= 15 is 0 Å². The van der Waals surface area contributed by atoms with Crippen LogP contribution in [-0.2, 0) is 0 Å². The molecule has 1 aliphatic rings. The highest BCUT2D eigenvalue weighted by Crippen LogP contribution is 2.28. The third-order valence-corrected chi connectivity index (χ3v) is 3.61. The molecule has 0 spiro atoms. The molecular formula is C14H19N3O2. The van der Waals surface area contributed by atoms with E-state index in [1.54, 1.807) is 6.07 Å². The number of nitro groups is 1. The van der Waals surface area contributed by atoms with Crippen LogP contribution in [0.2, 0.25) is 0 Å². The maximum Gasteiger partial charge on any atom is 0.271 e. The lowest BCUT2D eigenvalue weighted by atomic mass is 10.2. The first-order chi connectivity index (χ1) is 8.99. The zero-order valence-electron chi connectivity index (χ0n) is 11.3. The van der Waals surface area contributed by atoms with Crippen LogP contribution in [0.25, 0.3) is 0 Å². The Balaban J connectivity index is 2.10. The molecule has 102 valence electrons. The van der Waals surface area contributed by atoms with E-state index in [4.69, 9.17) is 0 Å². The molecule has 2 rings (SSSR count). The summed E-state index contributed by atoms with van der Waals surface area (Å²) in [4.78, 5) is 12.6. The number of nitro benzene ring substituents is 1. The maximum atomic E-state index is 10.7. The van der Waals surface area contributed by atoms with Crippen LogP contribution in [0.4, 0.5) is 11.4 Å². The standard InChI is InChI=1S/C14H19N3O2/c1-10-7-8-11(2)16(10)12(3)15-13-5-4-6-14(9-13)17(18)19/h4-6,9-11,15H,3,7-8H2,1-2H3/t10-,11+. The smallest absolute Gasteiger partial charge is 0.271 e. The number of rotatable bonds is 4. The van der Waals surface area contributed by atoms with Gasteiger partial charge in [0.1, 0.15) is 0 Å². The molecule has 19 heavy (non-hydrogen) atoms. The Morgan fingerprint density at radius 1 is 1.42 bits per heavy atom. The molecule has 0 aliphatic carbocycles. The van der Waals surface area contributed by atoms with Crippen molar-refractivity contribution in [3.63, 3.8) is 0 Å².